The number of aryl methyl sites for hydroxylation is 1. The first-order chi connectivity index (χ1) is 9.47. The Morgan fingerprint density at radius 1 is 1.30 bits per heavy atom. The van der Waals surface area contributed by atoms with Gasteiger partial charge in [0.2, 0.25) is 0 Å². The molecular formula is C14H12BrN3OS. The van der Waals surface area contributed by atoms with Crippen LogP contribution in [-0.2, 0) is 0 Å². The smallest absolute Gasteiger partial charge is 0.256 e. The Balaban J connectivity index is 2.15. The number of nitrogens with one attached hydrogen (secondary N) is 1. The van der Waals surface area contributed by atoms with Crippen molar-refractivity contribution < 1.29 is 4.79 Å². The molecule has 2 aromatic rings. The van der Waals surface area contributed by atoms with Crippen LogP contribution in [0.1, 0.15) is 21.5 Å². The van der Waals surface area contributed by atoms with Crippen molar-refractivity contribution in [3.8, 4) is 0 Å². The number of nitrogens with zero attached hydrogens (tertiary/aromatic N) is 1. The van der Waals surface area contributed by atoms with E-state index in [9.17, 15) is 4.79 Å². The highest BCUT2D eigenvalue weighted by atomic mass is 79.9. The van der Waals surface area contributed by atoms with E-state index in [0.29, 0.717) is 16.4 Å². The largest absolute Gasteiger partial charge is 0.389 e. The Kier molecular flexibility index (Phi) is 4.46. The van der Waals surface area contributed by atoms with Crippen LogP contribution in [0, 0.1) is 6.92 Å². The summed E-state index contributed by atoms with van der Waals surface area (Å²) in [6.07, 6.45) is 1.65. The molecule has 1 aromatic heterocycles. The summed E-state index contributed by atoms with van der Waals surface area (Å²) in [5.74, 6) is 0.280. The Morgan fingerprint density at radius 2 is 1.90 bits per heavy atom. The van der Waals surface area contributed by atoms with Crippen LogP contribution >= 0.6 is 28.1 Å². The van der Waals surface area contributed by atoms with E-state index >= 15 is 0 Å². The van der Waals surface area contributed by atoms with Crippen molar-refractivity contribution in [1.29, 1.82) is 0 Å². The molecule has 1 heterocycles. The zero-order chi connectivity index (χ0) is 14.7. The van der Waals surface area contributed by atoms with Gasteiger partial charge < -0.3 is 11.1 Å². The second kappa shape index (κ2) is 6.11. The summed E-state index contributed by atoms with van der Waals surface area (Å²) in [5.41, 5.74) is 7.76. The zero-order valence-corrected chi connectivity index (χ0v) is 13.1. The summed E-state index contributed by atoms with van der Waals surface area (Å²) < 4.78 is 0.899. The third-order valence-corrected chi connectivity index (χ3v) is 3.79. The highest BCUT2D eigenvalue weighted by Gasteiger charge is 2.08. The molecule has 0 aliphatic rings. The number of benzene rings is 1. The van der Waals surface area contributed by atoms with Gasteiger partial charge in [-0.15, -0.1) is 0 Å². The minimum atomic E-state index is -0.228. The van der Waals surface area contributed by atoms with E-state index in [4.69, 9.17) is 18.0 Å². The van der Waals surface area contributed by atoms with Gasteiger partial charge in [0.1, 0.15) is 10.8 Å². The summed E-state index contributed by atoms with van der Waals surface area (Å²) in [6, 6.07) is 8.59. The number of halogens is 1. The summed E-state index contributed by atoms with van der Waals surface area (Å²) in [5, 5.41) is 2.74. The van der Waals surface area contributed by atoms with Gasteiger partial charge in [-0.3, -0.25) is 4.79 Å². The molecule has 4 nitrogen and oxygen atoms in total. The molecule has 0 saturated carbocycles. The average molecular weight is 350 g/mol. The van der Waals surface area contributed by atoms with Crippen molar-refractivity contribution in [2.75, 3.05) is 5.32 Å². The van der Waals surface area contributed by atoms with Gasteiger partial charge in [-0.25, -0.2) is 4.98 Å². The van der Waals surface area contributed by atoms with Gasteiger partial charge in [0.05, 0.1) is 0 Å². The van der Waals surface area contributed by atoms with Crippen LogP contribution in [0.3, 0.4) is 0 Å². The van der Waals surface area contributed by atoms with Gasteiger partial charge in [0.15, 0.2) is 0 Å². The number of aromatic nitrogens is 1. The normalized spacial score (nSPS) is 10.1. The number of carbonyl (C=O) groups excluding carboxylic acids is 1. The Morgan fingerprint density at radius 3 is 2.45 bits per heavy atom. The number of anilines is 1. The number of amides is 1. The van der Waals surface area contributed by atoms with E-state index in [2.05, 4.69) is 26.2 Å². The summed E-state index contributed by atoms with van der Waals surface area (Å²) in [4.78, 5) is 16.5. The predicted molar refractivity (Wildman–Crippen MR) is 87.0 cm³/mol. The number of pyridine rings is 1. The quantitative estimate of drug-likeness (QED) is 0.835. The summed E-state index contributed by atoms with van der Waals surface area (Å²) in [7, 11) is 0. The van der Waals surface area contributed by atoms with Gasteiger partial charge in [-0.05, 0) is 46.6 Å². The van der Waals surface area contributed by atoms with E-state index in [-0.39, 0.29) is 5.91 Å². The molecule has 0 radical (unpaired) electrons. The molecule has 0 fully saturated rings. The Bertz CT molecular complexity index is 671. The molecule has 1 aromatic carbocycles. The molecule has 102 valence electrons. The molecule has 1 amide bonds. The average Bonchev–Trinajstić information content (AvgIpc) is 2.43. The van der Waals surface area contributed by atoms with Crippen molar-refractivity contribution in [2.24, 2.45) is 5.73 Å². The van der Waals surface area contributed by atoms with Gasteiger partial charge in [0.25, 0.3) is 5.91 Å². The molecule has 0 saturated heterocycles. The zero-order valence-electron chi connectivity index (χ0n) is 10.7. The Labute approximate surface area is 130 Å². The highest BCUT2D eigenvalue weighted by Crippen LogP contribution is 2.17. The van der Waals surface area contributed by atoms with Gasteiger partial charge >= 0.3 is 0 Å². The number of rotatable bonds is 3. The topological polar surface area (TPSA) is 68.0 Å². The van der Waals surface area contributed by atoms with Gasteiger partial charge in [-0.1, -0.05) is 24.4 Å². The molecular weight excluding hydrogens is 338 g/mol. The second-order valence-electron chi connectivity index (χ2n) is 4.21. The van der Waals surface area contributed by atoms with Crippen molar-refractivity contribution in [1.82, 2.24) is 4.98 Å². The van der Waals surface area contributed by atoms with E-state index in [1.807, 2.05) is 6.92 Å². The van der Waals surface area contributed by atoms with E-state index < -0.39 is 0 Å². The van der Waals surface area contributed by atoms with Crippen molar-refractivity contribution >= 4 is 44.9 Å². The lowest BCUT2D eigenvalue weighted by Gasteiger charge is -2.06. The molecule has 0 aliphatic heterocycles. The minimum absolute atomic E-state index is 0.228. The molecule has 0 spiro atoms. The fourth-order valence-electron chi connectivity index (χ4n) is 1.58. The number of hydrogen-bond acceptors (Lipinski definition) is 3. The molecule has 2 rings (SSSR count). The van der Waals surface area contributed by atoms with Gasteiger partial charge in [0, 0.05) is 21.8 Å². The molecule has 6 heteroatoms. The number of hydrogen-bond donors (Lipinski definition) is 2. The Hall–Kier alpha value is -1.79. The lowest BCUT2D eigenvalue weighted by Crippen LogP contribution is -2.14. The van der Waals surface area contributed by atoms with Crippen LogP contribution < -0.4 is 11.1 Å². The van der Waals surface area contributed by atoms with Crippen molar-refractivity contribution in [3.63, 3.8) is 0 Å². The van der Waals surface area contributed by atoms with E-state index in [1.165, 1.54) is 0 Å². The fraction of sp³-hybridized carbons (Fsp3) is 0.0714. The van der Waals surface area contributed by atoms with Crippen LogP contribution in [0.4, 0.5) is 5.82 Å². The molecule has 0 aliphatic carbocycles. The van der Waals surface area contributed by atoms with Crippen LogP contribution in [0.15, 0.2) is 41.0 Å². The fourth-order valence-corrected chi connectivity index (χ4v) is 1.93. The second-order valence-corrected chi connectivity index (χ2v) is 5.51. The van der Waals surface area contributed by atoms with Crippen LogP contribution in [0.5, 0.6) is 0 Å². The van der Waals surface area contributed by atoms with Crippen LogP contribution in [-0.4, -0.2) is 15.9 Å². The van der Waals surface area contributed by atoms with Crippen LogP contribution in [0.2, 0.25) is 0 Å². The standard InChI is InChI=1S/C14H12BrN3OS/c1-8-6-12(17-7-11(8)15)18-14(19)10-4-2-9(3-5-10)13(16)20/h2-7H,1H3,(H2,16,20)(H,17,18,19). The monoisotopic (exact) mass is 349 g/mol. The lowest BCUT2D eigenvalue weighted by atomic mass is 10.1. The first-order valence-corrected chi connectivity index (χ1v) is 7.01. The molecule has 20 heavy (non-hydrogen) atoms. The minimum Gasteiger partial charge on any atom is -0.389 e. The van der Waals surface area contributed by atoms with Crippen molar-refractivity contribution in [2.45, 2.75) is 6.92 Å². The first-order valence-electron chi connectivity index (χ1n) is 5.81. The molecule has 0 bridgehead atoms. The third kappa shape index (κ3) is 3.40. The van der Waals surface area contributed by atoms with E-state index in [0.717, 1.165) is 15.6 Å². The maximum Gasteiger partial charge on any atom is 0.256 e. The lowest BCUT2D eigenvalue weighted by molar-refractivity contribution is 0.102. The molecule has 3 N–H and O–H groups in total. The molecule has 0 unspecified atom stereocenters. The predicted octanol–water partition coefficient (Wildman–Crippen LogP) is 3.04. The van der Waals surface area contributed by atoms with Crippen LogP contribution in [0.25, 0.3) is 0 Å². The third-order valence-electron chi connectivity index (χ3n) is 2.72. The maximum atomic E-state index is 12.1. The maximum absolute atomic E-state index is 12.1. The molecule has 0 atom stereocenters. The summed E-state index contributed by atoms with van der Waals surface area (Å²) in [6.45, 7) is 1.93. The van der Waals surface area contributed by atoms with Gasteiger partial charge in [-0.2, -0.15) is 0 Å². The number of nitrogens with two attached hydrogens (primary N) is 1. The van der Waals surface area contributed by atoms with Crippen molar-refractivity contribution in [3.05, 3.63) is 57.7 Å². The first kappa shape index (κ1) is 14.6. The number of carbonyl (C=O) groups is 1. The van der Waals surface area contributed by atoms with E-state index in [1.54, 1.807) is 36.5 Å². The highest BCUT2D eigenvalue weighted by molar-refractivity contribution is 9.10. The number of thiocarbonyl (C=S) groups is 1. The SMILES string of the molecule is Cc1cc(NC(=O)c2ccc(C(N)=S)cc2)ncc1Br. The summed E-state index contributed by atoms with van der Waals surface area (Å²) >= 11 is 8.23.